The zero-order valence-electron chi connectivity index (χ0n) is 12.6. The average Bonchev–Trinajstić information content (AvgIpc) is 2.55. The summed E-state index contributed by atoms with van der Waals surface area (Å²) in [6.45, 7) is 1.32. The second-order valence-electron chi connectivity index (χ2n) is 4.96. The van der Waals surface area contributed by atoms with Gasteiger partial charge in [-0.2, -0.15) is 0 Å². The van der Waals surface area contributed by atoms with Gasteiger partial charge in [-0.1, -0.05) is 12.1 Å². The minimum Gasteiger partial charge on any atom is -0.451 e. The molecule has 124 valence electrons. The Morgan fingerprint density at radius 3 is 2.46 bits per heavy atom. The zero-order chi connectivity index (χ0) is 17.7. The molecule has 0 saturated carbocycles. The number of ether oxygens (including phenoxy) is 1. The summed E-state index contributed by atoms with van der Waals surface area (Å²) in [4.78, 5) is 23.7. The topological polar surface area (TPSA) is 43.4 Å². The fraction of sp³-hybridized carbons (Fsp3) is 0.111. The van der Waals surface area contributed by atoms with Crippen molar-refractivity contribution in [3.05, 3.63) is 77.1 Å². The molecular weight excluding hydrogens is 321 g/mol. The summed E-state index contributed by atoms with van der Waals surface area (Å²) in [5, 5.41) is 0. The van der Waals surface area contributed by atoms with E-state index in [2.05, 4.69) is 0 Å². The van der Waals surface area contributed by atoms with Crippen LogP contribution in [-0.4, -0.2) is 17.9 Å². The van der Waals surface area contributed by atoms with Crippen LogP contribution in [0.5, 0.6) is 0 Å². The second-order valence-corrected chi connectivity index (χ2v) is 4.96. The normalized spacial score (nSPS) is 12.2. The van der Waals surface area contributed by atoms with Crippen molar-refractivity contribution in [2.75, 3.05) is 0 Å². The highest BCUT2D eigenvalue weighted by atomic mass is 19.2. The van der Waals surface area contributed by atoms with Gasteiger partial charge < -0.3 is 4.74 Å². The van der Waals surface area contributed by atoms with Crippen LogP contribution >= 0.6 is 0 Å². The van der Waals surface area contributed by atoms with Gasteiger partial charge in [0, 0.05) is 11.6 Å². The molecule has 2 rings (SSSR count). The minimum absolute atomic E-state index is 0.108. The Labute approximate surface area is 136 Å². The summed E-state index contributed by atoms with van der Waals surface area (Å²) >= 11 is 0. The third-order valence-corrected chi connectivity index (χ3v) is 3.13. The van der Waals surface area contributed by atoms with E-state index in [1.807, 2.05) is 0 Å². The van der Waals surface area contributed by atoms with Crippen LogP contribution in [0.25, 0.3) is 6.08 Å². The maximum atomic E-state index is 13.1. The first-order valence-electron chi connectivity index (χ1n) is 7.00. The maximum Gasteiger partial charge on any atom is 0.331 e. The summed E-state index contributed by atoms with van der Waals surface area (Å²) in [6.07, 6.45) is 1.20. The predicted molar refractivity (Wildman–Crippen MR) is 81.7 cm³/mol. The molecular formula is C18H13F3O3. The van der Waals surface area contributed by atoms with Crippen LogP contribution in [0.3, 0.4) is 0 Å². The van der Waals surface area contributed by atoms with Crippen molar-refractivity contribution < 1.29 is 27.5 Å². The largest absolute Gasteiger partial charge is 0.451 e. The number of halogens is 3. The van der Waals surface area contributed by atoms with Crippen LogP contribution in [0, 0.1) is 17.5 Å². The quantitative estimate of drug-likeness (QED) is 0.473. The summed E-state index contributed by atoms with van der Waals surface area (Å²) < 4.78 is 43.9. The molecule has 0 aliphatic heterocycles. The summed E-state index contributed by atoms with van der Waals surface area (Å²) in [5.41, 5.74) is 0.342. The number of rotatable bonds is 5. The third-order valence-electron chi connectivity index (χ3n) is 3.13. The number of ketones is 1. The smallest absolute Gasteiger partial charge is 0.331 e. The van der Waals surface area contributed by atoms with Crippen molar-refractivity contribution in [3.8, 4) is 0 Å². The second kappa shape index (κ2) is 7.59. The van der Waals surface area contributed by atoms with Crippen LogP contribution in [0.2, 0.25) is 0 Å². The first-order valence-corrected chi connectivity index (χ1v) is 7.00. The van der Waals surface area contributed by atoms with Crippen molar-refractivity contribution in [2.45, 2.75) is 13.0 Å². The zero-order valence-corrected chi connectivity index (χ0v) is 12.6. The van der Waals surface area contributed by atoms with Crippen molar-refractivity contribution in [1.82, 2.24) is 0 Å². The molecule has 6 heteroatoms. The van der Waals surface area contributed by atoms with E-state index in [0.29, 0.717) is 5.56 Å². The number of benzene rings is 2. The van der Waals surface area contributed by atoms with Gasteiger partial charge in [0.2, 0.25) is 5.78 Å². The Kier molecular flexibility index (Phi) is 5.52. The van der Waals surface area contributed by atoms with E-state index in [-0.39, 0.29) is 5.56 Å². The molecule has 1 atom stereocenters. The Morgan fingerprint density at radius 1 is 1.04 bits per heavy atom. The standard InChI is InChI=1S/C18H13F3O3/c1-11(18(23)13-6-7-15(20)16(21)10-13)24-17(22)8-5-12-3-2-4-14(19)9-12/h2-11H,1H3. The van der Waals surface area contributed by atoms with Crippen LogP contribution in [0.15, 0.2) is 48.5 Å². The highest BCUT2D eigenvalue weighted by Crippen LogP contribution is 2.12. The van der Waals surface area contributed by atoms with E-state index in [4.69, 9.17) is 4.74 Å². The number of Topliss-reactive ketones (excluding diaryl/α,β-unsaturated/α-hetero) is 1. The summed E-state index contributed by atoms with van der Waals surface area (Å²) in [5.74, 6) is -4.17. The molecule has 0 spiro atoms. The number of carbonyl (C=O) groups is 2. The van der Waals surface area contributed by atoms with E-state index in [9.17, 15) is 22.8 Å². The van der Waals surface area contributed by atoms with Crippen LogP contribution in [-0.2, 0) is 9.53 Å². The molecule has 2 aromatic carbocycles. The van der Waals surface area contributed by atoms with Gasteiger partial charge in [-0.3, -0.25) is 4.79 Å². The van der Waals surface area contributed by atoms with Crippen LogP contribution in [0.1, 0.15) is 22.8 Å². The number of hydrogen-bond acceptors (Lipinski definition) is 3. The van der Waals surface area contributed by atoms with Crippen molar-refractivity contribution >= 4 is 17.8 Å². The van der Waals surface area contributed by atoms with Crippen LogP contribution < -0.4 is 0 Å². The molecule has 2 aromatic rings. The predicted octanol–water partition coefficient (Wildman–Crippen LogP) is 3.93. The van der Waals surface area contributed by atoms with E-state index in [1.165, 1.54) is 31.2 Å². The van der Waals surface area contributed by atoms with E-state index in [1.54, 1.807) is 6.07 Å². The molecule has 3 nitrogen and oxygen atoms in total. The van der Waals surface area contributed by atoms with Gasteiger partial charge in [0.1, 0.15) is 5.82 Å². The first-order chi connectivity index (χ1) is 11.4. The first kappa shape index (κ1) is 17.5. The summed E-state index contributed by atoms with van der Waals surface area (Å²) in [7, 11) is 0. The monoisotopic (exact) mass is 334 g/mol. The molecule has 0 saturated heterocycles. The Bertz CT molecular complexity index is 800. The lowest BCUT2D eigenvalue weighted by Crippen LogP contribution is -2.23. The van der Waals surface area contributed by atoms with E-state index in [0.717, 1.165) is 24.3 Å². The van der Waals surface area contributed by atoms with Gasteiger partial charge in [0.05, 0.1) is 0 Å². The van der Waals surface area contributed by atoms with Gasteiger partial charge in [-0.15, -0.1) is 0 Å². The fourth-order valence-electron chi connectivity index (χ4n) is 1.93. The maximum absolute atomic E-state index is 13.1. The molecule has 24 heavy (non-hydrogen) atoms. The lowest BCUT2D eigenvalue weighted by atomic mass is 10.1. The van der Waals surface area contributed by atoms with Gasteiger partial charge in [-0.05, 0) is 48.9 Å². The molecule has 0 N–H and O–H groups in total. The van der Waals surface area contributed by atoms with E-state index < -0.39 is 35.3 Å². The average molecular weight is 334 g/mol. The molecule has 1 unspecified atom stereocenters. The van der Waals surface area contributed by atoms with Gasteiger partial charge in [-0.25, -0.2) is 18.0 Å². The van der Waals surface area contributed by atoms with Crippen LogP contribution in [0.4, 0.5) is 13.2 Å². The van der Waals surface area contributed by atoms with Gasteiger partial charge >= 0.3 is 5.97 Å². The number of esters is 1. The van der Waals surface area contributed by atoms with Crippen molar-refractivity contribution in [2.24, 2.45) is 0 Å². The van der Waals surface area contributed by atoms with Crippen molar-refractivity contribution in [3.63, 3.8) is 0 Å². The Morgan fingerprint density at radius 2 is 1.79 bits per heavy atom. The third kappa shape index (κ3) is 4.55. The lowest BCUT2D eigenvalue weighted by molar-refractivity contribution is -0.140. The van der Waals surface area contributed by atoms with Gasteiger partial charge in [0.25, 0.3) is 0 Å². The molecule has 0 aliphatic rings. The molecule has 0 bridgehead atoms. The van der Waals surface area contributed by atoms with Gasteiger partial charge in [0.15, 0.2) is 17.7 Å². The number of hydrogen-bond donors (Lipinski definition) is 0. The lowest BCUT2D eigenvalue weighted by Gasteiger charge is -2.11. The molecule has 0 amide bonds. The Hall–Kier alpha value is -2.89. The molecule has 0 aromatic heterocycles. The fourth-order valence-corrected chi connectivity index (χ4v) is 1.93. The molecule has 0 radical (unpaired) electrons. The Balaban J connectivity index is 2.00. The SMILES string of the molecule is CC(OC(=O)C=Cc1cccc(F)c1)C(=O)c1ccc(F)c(F)c1. The van der Waals surface area contributed by atoms with Crippen molar-refractivity contribution in [1.29, 1.82) is 0 Å². The molecule has 0 fully saturated rings. The molecule has 0 aliphatic carbocycles. The minimum atomic E-state index is -1.18. The molecule has 0 heterocycles. The highest BCUT2D eigenvalue weighted by molar-refractivity contribution is 6.01. The summed E-state index contributed by atoms with van der Waals surface area (Å²) in [6, 6.07) is 8.22. The highest BCUT2D eigenvalue weighted by Gasteiger charge is 2.19. The number of carbonyl (C=O) groups excluding carboxylic acids is 2. The van der Waals surface area contributed by atoms with E-state index >= 15 is 0 Å².